The Kier molecular flexibility index (Phi) is 5.08. The molecule has 8 heteroatoms. The third kappa shape index (κ3) is 3.83. The van der Waals surface area contributed by atoms with E-state index in [0.717, 1.165) is 11.3 Å². The van der Waals surface area contributed by atoms with Gasteiger partial charge in [-0.2, -0.15) is 0 Å². The molecule has 7 nitrogen and oxygen atoms in total. The molecule has 128 valence electrons. The van der Waals surface area contributed by atoms with Gasteiger partial charge < -0.3 is 19.8 Å². The number of anilines is 1. The summed E-state index contributed by atoms with van der Waals surface area (Å²) in [4.78, 5) is 36.4. The zero-order valence-electron chi connectivity index (χ0n) is 13.8. The first-order valence-electron chi connectivity index (χ1n) is 7.11. The third-order valence-corrected chi connectivity index (χ3v) is 4.38. The molecule has 0 fully saturated rings. The van der Waals surface area contributed by atoms with Crippen LogP contribution in [0.15, 0.2) is 28.9 Å². The van der Waals surface area contributed by atoms with E-state index in [0.29, 0.717) is 15.4 Å². The monoisotopic (exact) mass is 350 g/mol. The number of aryl methyl sites for hydroxylation is 1. The van der Waals surface area contributed by atoms with Crippen molar-refractivity contribution in [1.82, 2.24) is 5.32 Å². The summed E-state index contributed by atoms with van der Waals surface area (Å²) >= 11 is 1.12. The first-order valence-corrected chi connectivity index (χ1v) is 7.92. The van der Waals surface area contributed by atoms with E-state index >= 15 is 0 Å². The zero-order chi connectivity index (χ0) is 17.9. The summed E-state index contributed by atoms with van der Waals surface area (Å²) in [6, 6.07) is 4.84. The van der Waals surface area contributed by atoms with Gasteiger partial charge in [0.2, 0.25) is 0 Å². The summed E-state index contributed by atoms with van der Waals surface area (Å²) in [7, 11) is 1.26. The number of esters is 1. The Morgan fingerprint density at radius 2 is 1.96 bits per heavy atom. The maximum Gasteiger partial charge on any atom is 0.330 e. The van der Waals surface area contributed by atoms with Gasteiger partial charge in [0, 0.05) is 0 Å². The van der Waals surface area contributed by atoms with Crippen LogP contribution in [-0.2, 0) is 9.53 Å². The molecule has 0 aromatic carbocycles. The summed E-state index contributed by atoms with van der Waals surface area (Å²) in [6.45, 7) is 4.86. The van der Waals surface area contributed by atoms with Gasteiger partial charge in [-0.25, -0.2) is 4.79 Å². The fraction of sp³-hybridized carbons (Fsp3) is 0.312. The molecule has 2 N–H and O–H groups in total. The van der Waals surface area contributed by atoms with Crippen LogP contribution in [0.4, 0.5) is 5.00 Å². The van der Waals surface area contributed by atoms with E-state index in [2.05, 4.69) is 15.4 Å². The van der Waals surface area contributed by atoms with E-state index in [-0.39, 0.29) is 5.76 Å². The smallest absolute Gasteiger partial charge is 0.330 e. The molecule has 0 saturated carbocycles. The van der Waals surface area contributed by atoms with Gasteiger partial charge in [-0.1, -0.05) is 0 Å². The first kappa shape index (κ1) is 17.7. The predicted molar refractivity (Wildman–Crippen MR) is 89.3 cm³/mol. The standard InChI is InChI=1S/C16H18N2O5S/c1-9-8-11(17-13(19)10-6-5-7-23-10)24-12(9)14(20)18-16(2,3)15(21)22-4/h5-8H,1-4H3,(H,17,19)(H,18,20). The van der Waals surface area contributed by atoms with Gasteiger partial charge in [-0.15, -0.1) is 11.3 Å². The first-order chi connectivity index (χ1) is 11.2. The van der Waals surface area contributed by atoms with Gasteiger partial charge >= 0.3 is 5.97 Å². The largest absolute Gasteiger partial charge is 0.467 e. The minimum Gasteiger partial charge on any atom is -0.467 e. The number of amides is 2. The molecule has 0 radical (unpaired) electrons. The highest BCUT2D eigenvalue weighted by Gasteiger charge is 2.31. The second-order valence-corrected chi connectivity index (χ2v) is 6.68. The van der Waals surface area contributed by atoms with Crippen molar-refractivity contribution >= 4 is 34.1 Å². The van der Waals surface area contributed by atoms with E-state index in [9.17, 15) is 14.4 Å². The van der Waals surface area contributed by atoms with Crippen molar-refractivity contribution in [2.75, 3.05) is 12.4 Å². The van der Waals surface area contributed by atoms with Crippen molar-refractivity contribution in [3.05, 3.63) is 40.7 Å². The fourth-order valence-corrected chi connectivity index (χ4v) is 2.96. The van der Waals surface area contributed by atoms with Crippen molar-refractivity contribution in [2.45, 2.75) is 26.3 Å². The molecule has 2 heterocycles. The Labute approximate surface area is 143 Å². The number of ether oxygens (including phenoxy) is 1. The van der Waals surface area contributed by atoms with Crippen LogP contribution in [0.5, 0.6) is 0 Å². The number of carbonyl (C=O) groups is 3. The van der Waals surface area contributed by atoms with Crippen molar-refractivity contribution in [1.29, 1.82) is 0 Å². The summed E-state index contributed by atoms with van der Waals surface area (Å²) in [5, 5.41) is 5.80. The Bertz CT molecular complexity index is 762. The molecule has 2 amide bonds. The maximum absolute atomic E-state index is 12.4. The molecule has 2 rings (SSSR count). The normalized spacial score (nSPS) is 11.0. The van der Waals surface area contributed by atoms with Gasteiger partial charge in [-0.3, -0.25) is 9.59 Å². The van der Waals surface area contributed by atoms with Crippen LogP contribution in [0, 0.1) is 6.92 Å². The molecule has 0 aliphatic rings. The Balaban J connectivity index is 2.12. The van der Waals surface area contributed by atoms with Crippen LogP contribution >= 0.6 is 11.3 Å². The lowest BCUT2D eigenvalue weighted by Gasteiger charge is -2.22. The lowest BCUT2D eigenvalue weighted by atomic mass is 10.1. The Morgan fingerprint density at radius 1 is 1.25 bits per heavy atom. The quantitative estimate of drug-likeness (QED) is 0.808. The number of carbonyl (C=O) groups excluding carboxylic acids is 3. The topological polar surface area (TPSA) is 97.6 Å². The van der Waals surface area contributed by atoms with Gasteiger partial charge in [-0.05, 0) is 44.5 Å². The highest BCUT2D eigenvalue weighted by molar-refractivity contribution is 7.18. The fourth-order valence-electron chi connectivity index (χ4n) is 2.00. The Morgan fingerprint density at radius 3 is 2.54 bits per heavy atom. The van der Waals surface area contributed by atoms with Gasteiger partial charge in [0.25, 0.3) is 11.8 Å². The number of nitrogens with one attached hydrogen (secondary N) is 2. The van der Waals surface area contributed by atoms with Gasteiger partial charge in [0.15, 0.2) is 5.76 Å². The molecule has 24 heavy (non-hydrogen) atoms. The molecule has 2 aromatic rings. The van der Waals surface area contributed by atoms with Crippen LogP contribution in [0.2, 0.25) is 0 Å². The van der Waals surface area contributed by atoms with E-state index in [1.54, 1.807) is 39.0 Å². The molecule has 0 aliphatic carbocycles. The number of hydrogen-bond donors (Lipinski definition) is 2. The van der Waals surface area contributed by atoms with E-state index in [1.165, 1.54) is 13.4 Å². The van der Waals surface area contributed by atoms with Crippen molar-refractivity contribution in [2.24, 2.45) is 0 Å². The molecule has 2 aromatic heterocycles. The molecule has 0 bridgehead atoms. The number of thiophene rings is 1. The minimum absolute atomic E-state index is 0.180. The second-order valence-electron chi connectivity index (χ2n) is 5.62. The van der Waals surface area contributed by atoms with Gasteiger partial charge in [0.05, 0.1) is 23.3 Å². The number of furan rings is 1. The van der Waals surface area contributed by atoms with Crippen LogP contribution in [0.3, 0.4) is 0 Å². The van der Waals surface area contributed by atoms with E-state index in [1.807, 2.05) is 0 Å². The Hall–Kier alpha value is -2.61. The lowest BCUT2D eigenvalue weighted by Crippen LogP contribution is -2.50. The van der Waals surface area contributed by atoms with E-state index in [4.69, 9.17) is 4.42 Å². The number of hydrogen-bond acceptors (Lipinski definition) is 6. The van der Waals surface area contributed by atoms with Crippen molar-refractivity contribution < 1.29 is 23.5 Å². The third-order valence-electron chi connectivity index (χ3n) is 3.23. The number of methoxy groups -OCH3 is 1. The molecular formula is C16H18N2O5S. The predicted octanol–water partition coefficient (Wildman–Crippen LogP) is 2.58. The molecule has 0 unspecified atom stereocenters. The molecular weight excluding hydrogens is 332 g/mol. The second kappa shape index (κ2) is 6.88. The van der Waals surface area contributed by atoms with Crippen LogP contribution in [0.1, 0.15) is 39.6 Å². The lowest BCUT2D eigenvalue weighted by molar-refractivity contribution is -0.146. The summed E-state index contributed by atoms with van der Waals surface area (Å²) in [6.07, 6.45) is 1.41. The summed E-state index contributed by atoms with van der Waals surface area (Å²) in [5.74, 6) is -1.18. The van der Waals surface area contributed by atoms with Gasteiger partial charge in [0.1, 0.15) is 5.54 Å². The average Bonchev–Trinajstić information content (AvgIpc) is 3.15. The number of rotatable bonds is 5. The SMILES string of the molecule is COC(=O)C(C)(C)NC(=O)c1sc(NC(=O)c2ccco2)cc1C. The van der Waals surface area contributed by atoms with Crippen molar-refractivity contribution in [3.63, 3.8) is 0 Å². The molecule has 0 spiro atoms. The summed E-state index contributed by atoms with van der Waals surface area (Å²) in [5.41, 5.74) is -0.465. The highest BCUT2D eigenvalue weighted by Crippen LogP contribution is 2.27. The molecule has 0 atom stereocenters. The summed E-state index contributed by atoms with van der Waals surface area (Å²) < 4.78 is 9.68. The van der Waals surface area contributed by atoms with Crippen molar-refractivity contribution in [3.8, 4) is 0 Å². The van der Waals surface area contributed by atoms with Crippen LogP contribution in [0.25, 0.3) is 0 Å². The van der Waals surface area contributed by atoms with E-state index < -0.39 is 23.3 Å². The average molecular weight is 350 g/mol. The highest BCUT2D eigenvalue weighted by atomic mass is 32.1. The maximum atomic E-state index is 12.4. The van der Waals surface area contributed by atoms with Crippen LogP contribution < -0.4 is 10.6 Å². The molecule has 0 saturated heterocycles. The van der Waals surface area contributed by atoms with Crippen LogP contribution in [-0.4, -0.2) is 30.4 Å². The molecule has 0 aliphatic heterocycles. The zero-order valence-corrected chi connectivity index (χ0v) is 14.6. The minimum atomic E-state index is -1.15.